The van der Waals surface area contributed by atoms with Gasteiger partial charge in [0.2, 0.25) is 0 Å². The Morgan fingerprint density at radius 2 is 2.10 bits per heavy atom. The van der Waals surface area contributed by atoms with E-state index < -0.39 is 5.85 Å². The maximum atomic E-state index is 10.7. The first kappa shape index (κ1) is 10.8. The summed E-state index contributed by atoms with van der Waals surface area (Å²) in [6.07, 6.45) is 0.0903. The molecule has 0 rings (SSSR count). The molecule has 0 aromatic rings. The fourth-order valence-electron chi connectivity index (χ4n) is 0.342. The zero-order valence-corrected chi connectivity index (χ0v) is 8.64. The van der Waals surface area contributed by atoms with E-state index in [4.69, 9.17) is 34.1 Å². The van der Waals surface area contributed by atoms with Gasteiger partial charge in [-0.1, -0.05) is 12.2 Å². The van der Waals surface area contributed by atoms with Gasteiger partial charge in [-0.2, -0.15) is 0 Å². The minimum absolute atomic E-state index is 0.0903. The lowest BCUT2D eigenvalue weighted by Crippen LogP contribution is -2.02. The number of allylic oxidation sites excluding steroid dienone is 1. The van der Waals surface area contributed by atoms with Crippen molar-refractivity contribution in [1.82, 2.24) is 0 Å². The van der Waals surface area contributed by atoms with Crippen molar-refractivity contribution in [2.24, 2.45) is 0 Å². The molecule has 0 aromatic carbocycles. The molecule has 1 atom stereocenters. The molecule has 60 valence electrons. The van der Waals surface area contributed by atoms with Crippen LogP contribution in [0, 0.1) is 0 Å². The lowest BCUT2D eigenvalue weighted by molar-refractivity contribution is 0.592. The summed E-state index contributed by atoms with van der Waals surface area (Å²) in [5.74, 6) is -3.02. The van der Waals surface area contributed by atoms with Crippen LogP contribution in [0.25, 0.3) is 0 Å². The molecule has 0 heterocycles. The monoisotopic (exact) mass is 220 g/mol. The lowest BCUT2D eigenvalue weighted by Gasteiger charge is -2.07. The second-order valence-electron chi connectivity index (χ2n) is 2.07. The standard InChI is InChI=1S/C5H8Cl3OP/c1-4(2)5(6)3-10(7,8)9/h5H,1,3H2,2H3. The average Bonchev–Trinajstić information content (AvgIpc) is 1.60. The highest BCUT2D eigenvalue weighted by molar-refractivity contribution is 8.08. The van der Waals surface area contributed by atoms with E-state index >= 15 is 0 Å². The normalized spacial score (nSPS) is 14.8. The van der Waals surface area contributed by atoms with Crippen molar-refractivity contribution < 1.29 is 4.57 Å². The van der Waals surface area contributed by atoms with Gasteiger partial charge in [0.1, 0.15) is 0 Å². The SMILES string of the molecule is C=C(C)C(Cl)CP(=O)(Cl)Cl. The van der Waals surface area contributed by atoms with Crippen LogP contribution in [-0.2, 0) is 4.57 Å². The summed E-state index contributed by atoms with van der Waals surface area (Å²) in [7, 11) is 0. The molecule has 10 heavy (non-hydrogen) atoms. The van der Waals surface area contributed by atoms with Gasteiger partial charge in [0.25, 0.3) is 5.85 Å². The van der Waals surface area contributed by atoms with E-state index in [1.807, 2.05) is 0 Å². The predicted octanol–water partition coefficient (Wildman–Crippen LogP) is 3.84. The minimum Gasteiger partial charge on any atom is -0.289 e. The summed E-state index contributed by atoms with van der Waals surface area (Å²) in [4.78, 5) is 0. The van der Waals surface area contributed by atoms with Crippen molar-refractivity contribution in [1.29, 1.82) is 0 Å². The number of hydrogen-bond donors (Lipinski definition) is 0. The molecule has 0 N–H and O–H groups in total. The zero-order valence-electron chi connectivity index (χ0n) is 5.48. The van der Waals surface area contributed by atoms with Crippen molar-refractivity contribution in [3.8, 4) is 0 Å². The Morgan fingerprint density at radius 1 is 1.70 bits per heavy atom. The van der Waals surface area contributed by atoms with Crippen LogP contribution in [0.15, 0.2) is 12.2 Å². The Morgan fingerprint density at radius 3 is 2.20 bits per heavy atom. The average molecular weight is 221 g/mol. The molecule has 0 aromatic heterocycles. The van der Waals surface area contributed by atoms with E-state index in [1.165, 1.54) is 0 Å². The van der Waals surface area contributed by atoms with Crippen LogP contribution in [0.4, 0.5) is 0 Å². The highest BCUT2D eigenvalue weighted by atomic mass is 35.9. The topological polar surface area (TPSA) is 17.1 Å². The van der Waals surface area contributed by atoms with E-state index in [-0.39, 0.29) is 11.5 Å². The van der Waals surface area contributed by atoms with Crippen LogP contribution < -0.4 is 0 Å². The highest BCUT2D eigenvalue weighted by Gasteiger charge is 2.19. The van der Waals surface area contributed by atoms with Crippen molar-refractivity contribution >= 4 is 39.9 Å². The quantitative estimate of drug-likeness (QED) is 0.402. The number of halogens is 3. The molecule has 0 aliphatic carbocycles. The highest BCUT2D eigenvalue weighted by Crippen LogP contribution is 2.57. The Bertz CT molecular complexity index is 174. The molecule has 0 bridgehead atoms. The van der Waals surface area contributed by atoms with Gasteiger partial charge in [0, 0.05) is 6.16 Å². The predicted molar refractivity (Wildman–Crippen MR) is 48.6 cm³/mol. The molecule has 0 aliphatic rings. The molecular formula is C5H8Cl3OP. The molecule has 0 amide bonds. The minimum atomic E-state index is -3.02. The van der Waals surface area contributed by atoms with E-state index in [1.54, 1.807) is 6.92 Å². The summed E-state index contributed by atoms with van der Waals surface area (Å²) in [5, 5.41) is -0.388. The Hall–Kier alpha value is 0.840. The fraction of sp³-hybridized carbons (Fsp3) is 0.600. The second kappa shape index (κ2) is 4.01. The summed E-state index contributed by atoms with van der Waals surface area (Å²) in [5.41, 5.74) is 0.725. The third kappa shape index (κ3) is 5.61. The molecule has 0 radical (unpaired) electrons. The van der Waals surface area contributed by atoms with Crippen molar-refractivity contribution in [3.63, 3.8) is 0 Å². The lowest BCUT2D eigenvalue weighted by atomic mass is 10.3. The van der Waals surface area contributed by atoms with Gasteiger partial charge >= 0.3 is 0 Å². The molecule has 1 unspecified atom stereocenters. The van der Waals surface area contributed by atoms with Crippen LogP contribution in [0.1, 0.15) is 6.92 Å². The van der Waals surface area contributed by atoms with Gasteiger partial charge in [-0.15, -0.1) is 11.6 Å². The van der Waals surface area contributed by atoms with E-state index in [9.17, 15) is 4.57 Å². The third-order valence-electron chi connectivity index (χ3n) is 0.908. The fourth-order valence-corrected chi connectivity index (χ4v) is 2.86. The molecule has 1 nitrogen and oxygen atoms in total. The Kier molecular flexibility index (Phi) is 4.35. The van der Waals surface area contributed by atoms with Crippen molar-refractivity contribution in [2.45, 2.75) is 12.3 Å². The molecular weight excluding hydrogens is 213 g/mol. The zero-order chi connectivity index (χ0) is 8.36. The van der Waals surface area contributed by atoms with Gasteiger partial charge in [-0.3, -0.25) is 4.57 Å². The smallest absolute Gasteiger partial charge is 0.254 e. The third-order valence-corrected chi connectivity index (χ3v) is 3.27. The second-order valence-corrected chi connectivity index (χ2v) is 7.89. The first-order valence-corrected chi connectivity index (χ1v) is 6.74. The molecule has 0 saturated heterocycles. The van der Waals surface area contributed by atoms with Crippen LogP contribution in [0.2, 0.25) is 0 Å². The summed E-state index contributed by atoms with van der Waals surface area (Å²) in [6.45, 7) is 5.31. The number of alkyl halides is 1. The summed E-state index contributed by atoms with van der Waals surface area (Å²) in [6, 6.07) is 0. The number of hydrogen-bond acceptors (Lipinski definition) is 1. The maximum Gasteiger partial charge on any atom is 0.254 e. The number of rotatable bonds is 3. The summed E-state index contributed by atoms with van der Waals surface area (Å²) >= 11 is 16.2. The van der Waals surface area contributed by atoms with Crippen molar-refractivity contribution in [2.75, 3.05) is 6.16 Å². The molecule has 0 aliphatic heterocycles. The van der Waals surface area contributed by atoms with Gasteiger partial charge in [-0.05, 0) is 29.4 Å². The van der Waals surface area contributed by atoms with Gasteiger partial charge in [0.15, 0.2) is 0 Å². The van der Waals surface area contributed by atoms with E-state index in [2.05, 4.69) is 6.58 Å². The molecule has 0 fully saturated rings. The van der Waals surface area contributed by atoms with Gasteiger partial charge in [0.05, 0.1) is 5.38 Å². The first-order valence-electron chi connectivity index (χ1n) is 2.61. The Balaban J connectivity index is 3.93. The Labute approximate surface area is 75.3 Å². The van der Waals surface area contributed by atoms with Crippen LogP contribution in [-0.4, -0.2) is 11.5 Å². The van der Waals surface area contributed by atoms with Crippen LogP contribution in [0.3, 0.4) is 0 Å². The molecule has 5 heteroatoms. The van der Waals surface area contributed by atoms with Gasteiger partial charge < -0.3 is 0 Å². The molecule has 0 saturated carbocycles. The largest absolute Gasteiger partial charge is 0.289 e. The van der Waals surface area contributed by atoms with Crippen LogP contribution in [0.5, 0.6) is 0 Å². The first-order chi connectivity index (χ1) is 4.33. The van der Waals surface area contributed by atoms with E-state index in [0.29, 0.717) is 0 Å². The van der Waals surface area contributed by atoms with E-state index in [0.717, 1.165) is 5.57 Å². The summed E-state index contributed by atoms with van der Waals surface area (Å²) < 4.78 is 10.7. The van der Waals surface area contributed by atoms with Crippen molar-refractivity contribution in [3.05, 3.63) is 12.2 Å². The van der Waals surface area contributed by atoms with Gasteiger partial charge in [-0.25, -0.2) is 0 Å². The van der Waals surface area contributed by atoms with Crippen LogP contribution >= 0.6 is 39.9 Å². The maximum absolute atomic E-state index is 10.7. The molecule has 0 spiro atoms.